The molecule has 0 bridgehead atoms. The van der Waals surface area contributed by atoms with E-state index in [4.69, 9.17) is 5.26 Å². The van der Waals surface area contributed by atoms with Gasteiger partial charge >= 0.3 is 0 Å². The van der Waals surface area contributed by atoms with Gasteiger partial charge in [0.05, 0.1) is 0 Å². The second-order valence-corrected chi connectivity index (χ2v) is 5.79. The quantitative estimate of drug-likeness (QED) is 0.743. The normalized spacial score (nSPS) is 20.4. The van der Waals surface area contributed by atoms with Crippen LogP contribution in [0, 0.1) is 22.7 Å². The summed E-state index contributed by atoms with van der Waals surface area (Å²) in [7, 11) is 0. The third-order valence-electron chi connectivity index (χ3n) is 3.59. The lowest BCUT2D eigenvalue weighted by Gasteiger charge is -2.27. The second-order valence-electron chi connectivity index (χ2n) is 5.79. The average molecular weight is 229 g/mol. The molecule has 3 nitrogen and oxygen atoms in total. The molecule has 2 rings (SSSR count). The van der Waals surface area contributed by atoms with Gasteiger partial charge in [-0.25, -0.2) is 4.98 Å². The van der Waals surface area contributed by atoms with Gasteiger partial charge in [-0.2, -0.15) is 5.26 Å². The Morgan fingerprint density at radius 2 is 2.18 bits per heavy atom. The largest absolute Gasteiger partial charge is 0.356 e. The van der Waals surface area contributed by atoms with Crippen molar-refractivity contribution >= 4 is 5.82 Å². The van der Waals surface area contributed by atoms with Gasteiger partial charge in [0, 0.05) is 13.1 Å². The molecule has 1 aliphatic rings. The van der Waals surface area contributed by atoms with Crippen LogP contribution in [0.2, 0.25) is 0 Å². The maximum atomic E-state index is 8.86. The predicted octanol–water partition coefficient (Wildman–Crippen LogP) is 2.83. The highest BCUT2D eigenvalue weighted by atomic mass is 15.2. The summed E-state index contributed by atoms with van der Waals surface area (Å²) in [6.07, 6.45) is 1.21. The SMILES string of the molecule is CC(C)(C)C1CCN(c2cccc(C#N)n2)C1. The van der Waals surface area contributed by atoms with Gasteiger partial charge in [0.15, 0.2) is 0 Å². The molecule has 0 amide bonds. The Kier molecular flexibility index (Phi) is 3.06. The Bertz CT molecular complexity index is 440. The number of pyridine rings is 1. The Labute approximate surface area is 103 Å². The highest BCUT2D eigenvalue weighted by molar-refractivity contribution is 5.42. The van der Waals surface area contributed by atoms with E-state index in [1.165, 1.54) is 6.42 Å². The summed E-state index contributed by atoms with van der Waals surface area (Å²) in [5.41, 5.74) is 0.850. The van der Waals surface area contributed by atoms with Crippen molar-refractivity contribution in [3.8, 4) is 6.07 Å². The molecule has 3 heteroatoms. The highest BCUT2D eigenvalue weighted by Crippen LogP contribution is 2.34. The lowest BCUT2D eigenvalue weighted by molar-refractivity contribution is 0.263. The van der Waals surface area contributed by atoms with Gasteiger partial charge in [0.25, 0.3) is 0 Å². The zero-order valence-electron chi connectivity index (χ0n) is 10.8. The smallest absolute Gasteiger partial charge is 0.142 e. The summed E-state index contributed by atoms with van der Waals surface area (Å²) < 4.78 is 0. The molecule has 1 unspecified atom stereocenters. The molecule has 1 aromatic heterocycles. The maximum Gasteiger partial charge on any atom is 0.142 e. The second kappa shape index (κ2) is 4.37. The van der Waals surface area contributed by atoms with Crippen LogP contribution in [0.25, 0.3) is 0 Å². The van der Waals surface area contributed by atoms with Crippen molar-refractivity contribution in [2.45, 2.75) is 27.2 Å². The van der Waals surface area contributed by atoms with Crippen LogP contribution in [-0.2, 0) is 0 Å². The molecule has 0 aliphatic carbocycles. The van der Waals surface area contributed by atoms with E-state index >= 15 is 0 Å². The summed E-state index contributed by atoms with van der Waals surface area (Å²) in [6, 6.07) is 7.75. The van der Waals surface area contributed by atoms with Crippen molar-refractivity contribution in [1.82, 2.24) is 4.98 Å². The summed E-state index contributed by atoms with van der Waals surface area (Å²) in [4.78, 5) is 6.64. The fourth-order valence-corrected chi connectivity index (χ4v) is 2.34. The number of hydrogen-bond donors (Lipinski definition) is 0. The Morgan fingerprint density at radius 3 is 2.76 bits per heavy atom. The first-order chi connectivity index (χ1) is 8.00. The van der Waals surface area contributed by atoms with Gasteiger partial charge in [-0.05, 0) is 29.9 Å². The minimum absolute atomic E-state index is 0.349. The fraction of sp³-hybridized carbons (Fsp3) is 0.571. The third kappa shape index (κ3) is 2.58. The monoisotopic (exact) mass is 229 g/mol. The van der Waals surface area contributed by atoms with Gasteiger partial charge in [0.1, 0.15) is 17.6 Å². The topological polar surface area (TPSA) is 39.9 Å². The number of rotatable bonds is 1. The van der Waals surface area contributed by atoms with E-state index in [9.17, 15) is 0 Å². The van der Waals surface area contributed by atoms with Crippen LogP contribution < -0.4 is 4.90 Å². The first-order valence-electron chi connectivity index (χ1n) is 6.13. The van der Waals surface area contributed by atoms with Crippen molar-refractivity contribution in [3.05, 3.63) is 23.9 Å². The van der Waals surface area contributed by atoms with Crippen LogP contribution in [-0.4, -0.2) is 18.1 Å². The van der Waals surface area contributed by atoms with E-state index in [1.54, 1.807) is 6.07 Å². The van der Waals surface area contributed by atoms with Crippen molar-refractivity contribution in [2.75, 3.05) is 18.0 Å². The first kappa shape index (κ1) is 11.9. The molecule has 0 spiro atoms. The summed E-state index contributed by atoms with van der Waals surface area (Å²) in [5.74, 6) is 1.64. The van der Waals surface area contributed by atoms with Crippen molar-refractivity contribution in [1.29, 1.82) is 5.26 Å². The lowest BCUT2D eigenvalue weighted by Crippen LogP contribution is -2.26. The lowest BCUT2D eigenvalue weighted by atomic mass is 9.80. The van der Waals surface area contributed by atoms with E-state index in [-0.39, 0.29) is 0 Å². The molecule has 0 saturated carbocycles. The minimum atomic E-state index is 0.349. The van der Waals surface area contributed by atoms with E-state index in [2.05, 4.69) is 36.7 Å². The van der Waals surface area contributed by atoms with Crippen LogP contribution >= 0.6 is 0 Å². The van der Waals surface area contributed by atoms with Crippen molar-refractivity contribution in [2.24, 2.45) is 11.3 Å². The van der Waals surface area contributed by atoms with Gasteiger partial charge < -0.3 is 4.90 Å². The predicted molar refractivity (Wildman–Crippen MR) is 68.7 cm³/mol. The van der Waals surface area contributed by atoms with Crippen molar-refractivity contribution < 1.29 is 0 Å². The molecule has 2 heterocycles. The molecule has 17 heavy (non-hydrogen) atoms. The first-order valence-corrected chi connectivity index (χ1v) is 6.13. The molecule has 1 aromatic rings. The Hall–Kier alpha value is -1.56. The summed E-state index contributed by atoms with van der Waals surface area (Å²) in [6.45, 7) is 8.97. The molecule has 1 atom stereocenters. The van der Waals surface area contributed by atoms with Gasteiger partial charge in [-0.3, -0.25) is 0 Å². The molecular weight excluding hydrogens is 210 g/mol. The van der Waals surface area contributed by atoms with E-state index < -0.39 is 0 Å². The number of hydrogen-bond acceptors (Lipinski definition) is 3. The Morgan fingerprint density at radius 1 is 1.41 bits per heavy atom. The summed E-state index contributed by atoms with van der Waals surface area (Å²) in [5, 5.41) is 8.86. The number of nitriles is 1. The van der Waals surface area contributed by atoms with Crippen LogP contribution in [0.1, 0.15) is 32.9 Å². The Balaban J connectivity index is 2.13. The molecule has 1 aliphatic heterocycles. The van der Waals surface area contributed by atoms with Crippen LogP contribution in [0.5, 0.6) is 0 Å². The van der Waals surface area contributed by atoms with Crippen LogP contribution in [0.4, 0.5) is 5.82 Å². The molecular formula is C14H19N3. The number of nitrogens with zero attached hydrogens (tertiary/aromatic N) is 3. The number of aromatic nitrogens is 1. The average Bonchev–Trinajstić information content (AvgIpc) is 2.78. The van der Waals surface area contributed by atoms with Crippen LogP contribution in [0.15, 0.2) is 18.2 Å². The zero-order chi connectivity index (χ0) is 12.5. The molecule has 0 radical (unpaired) electrons. The van der Waals surface area contributed by atoms with Gasteiger partial charge in [-0.15, -0.1) is 0 Å². The number of anilines is 1. The molecule has 90 valence electrons. The van der Waals surface area contributed by atoms with Crippen molar-refractivity contribution in [3.63, 3.8) is 0 Å². The van der Waals surface area contributed by atoms with Crippen LogP contribution in [0.3, 0.4) is 0 Å². The van der Waals surface area contributed by atoms with E-state index in [1.807, 2.05) is 12.1 Å². The maximum absolute atomic E-state index is 8.86. The molecule has 0 N–H and O–H groups in total. The summed E-state index contributed by atoms with van der Waals surface area (Å²) >= 11 is 0. The zero-order valence-corrected chi connectivity index (χ0v) is 10.8. The highest BCUT2D eigenvalue weighted by Gasteiger charge is 2.32. The standard InChI is InChI=1S/C14H19N3/c1-14(2,3)11-7-8-17(10-11)13-6-4-5-12(9-15)16-13/h4-6,11H,7-8,10H2,1-3H3. The fourth-order valence-electron chi connectivity index (χ4n) is 2.34. The van der Waals surface area contributed by atoms with E-state index in [0.29, 0.717) is 17.0 Å². The minimum Gasteiger partial charge on any atom is -0.356 e. The molecule has 1 saturated heterocycles. The molecule has 1 fully saturated rings. The van der Waals surface area contributed by atoms with E-state index in [0.717, 1.165) is 18.9 Å². The third-order valence-corrected chi connectivity index (χ3v) is 3.59. The van der Waals surface area contributed by atoms with Gasteiger partial charge in [-0.1, -0.05) is 26.8 Å². The van der Waals surface area contributed by atoms with Gasteiger partial charge in [0.2, 0.25) is 0 Å². The molecule has 0 aromatic carbocycles.